The van der Waals surface area contributed by atoms with Crippen LogP contribution in [0.1, 0.15) is 32.3 Å². The van der Waals surface area contributed by atoms with E-state index in [1.54, 1.807) is 18.9 Å². The minimum absolute atomic E-state index is 0.0543. The molecule has 36 heavy (non-hydrogen) atoms. The van der Waals surface area contributed by atoms with E-state index in [0.717, 1.165) is 49.4 Å². The summed E-state index contributed by atoms with van der Waals surface area (Å²) in [5.74, 6) is 1.85. The Morgan fingerprint density at radius 3 is 2.67 bits per heavy atom. The van der Waals surface area contributed by atoms with E-state index in [1.165, 1.54) is 12.0 Å². The largest absolute Gasteiger partial charge is 0.497 e. The summed E-state index contributed by atoms with van der Waals surface area (Å²) in [6.07, 6.45) is 3.68. The van der Waals surface area contributed by atoms with E-state index in [1.807, 2.05) is 38.1 Å². The number of nitrogens with zero attached hydrogens (tertiary/aromatic N) is 4. The van der Waals surface area contributed by atoms with Crippen molar-refractivity contribution < 1.29 is 14.3 Å². The fraction of sp³-hybridized carbons (Fsp3) is 0.464. The second-order valence-corrected chi connectivity index (χ2v) is 9.62. The molecule has 8 heteroatoms. The van der Waals surface area contributed by atoms with Crippen molar-refractivity contribution in [1.29, 1.82) is 0 Å². The molecule has 1 aromatic heterocycles. The van der Waals surface area contributed by atoms with E-state index in [9.17, 15) is 4.79 Å². The van der Waals surface area contributed by atoms with Gasteiger partial charge in [-0.25, -0.2) is 9.67 Å². The van der Waals surface area contributed by atoms with Crippen molar-refractivity contribution >= 4 is 5.91 Å². The zero-order valence-electron chi connectivity index (χ0n) is 21.7. The third-order valence-corrected chi connectivity index (χ3v) is 6.47. The maximum Gasteiger partial charge on any atom is 0.242 e. The SMILES string of the molecule is COc1cccc(-c2nc(-c3ccc(CCN4CCCC(OC)C4)cc3)nn2CC(=O)NC(C)C)c1. The number of hydrogen-bond donors (Lipinski definition) is 1. The summed E-state index contributed by atoms with van der Waals surface area (Å²) in [7, 11) is 3.44. The number of aromatic nitrogens is 3. The van der Waals surface area contributed by atoms with Gasteiger partial charge in [0.1, 0.15) is 12.3 Å². The van der Waals surface area contributed by atoms with Crippen LogP contribution >= 0.6 is 0 Å². The Kier molecular flexibility index (Phi) is 8.72. The maximum atomic E-state index is 12.5. The van der Waals surface area contributed by atoms with Gasteiger partial charge in [-0.05, 0) is 57.4 Å². The van der Waals surface area contributed by atoms with Crippen molar-refractivity contribution in [3.8, 4) is 28.5 Å². The first-order valence-corrected chi connectivity index (χ1v) is 12.7. The van der Waals surface area contributed by atoms with E-state index in [0.29, 0.717) is 17.8 Å². The number of carbonyl (C=O) groups excluding carboxylic acids is 1. The molecule has 2 aromatic carbocycles. The molecule has 0 saturated carbocycles. The van der Waals surface area contributed by atoms with E-state index in [4.69, 9.17) is 19.6 Å². The minimum Gasteiger partial charge on any atom is -0.497 e. The first kappa shape index (κ1) is 25.9. The Morgan fingerprint density at radius 1 is 1.14 bits per heavy atom. The predicted molar refractivity (Wildman–Crippen MR) is 141 cm³/mol. The molecule has 0 bridgehead atoms. The Balaban J connectivity index is 1.52. The molecule has 1 amide bonds. The standard InChI is InChI=1S/C28H37N5O3/c1-20(2)29-26(34)19-33-28(23-7-5-8-24(17-23)35-3)30-27(31-33)22-12-10-21(11-13-22)14-16-32-15-6-9-25(18-32)36-4/h5,7-8,10-13,17,20,25H,6,9,14-16,18-19H2,1-4H3,(H,29,34). The molecule has 2 heterocycles. The van der Waals surface area contributed by atoms with Gasteiger partial charge in [-0.2, -0.15) is 0 Å². The summed E-state index contributed by atoms with van der Waals surface area (Å²) in [4.78, 5) is 19.8. The summed E-state index contributed by atoms with van der Waals surface area (Å²) in [6, 6.07) is 16.1. The summed E-state index contributed by atoms with van der Waals surface area (Å²) in [6.45, 7) is 7.14. The van der Waals surface area contributed by atoms with Gasteiger partial charge in [0.05, 0.1) is 13.2 Å². The second-order valence-electron chi connectivity index (χ2n) is 9.62. The van der Waals surface area contributed by atoms with Gasteiger partial charge < -0.3 is 19.7 Å². The smallest absolute Gasteiger partial charge is 0.242 e. The van der Waals surface area contributed by atoms with Crippen molar-refractivity contribution in [2.75, 3.05) is 33.9 Å². The molecular formula is C28H37N5O3. The molecule has 4 rings (SSSR count). The zero-order chi connectivity index (χ0) is 25.5. The van der Waals surface area contributed by atoms with Crippen molar-refractivity contribution in [3.63, 3.8) is 0 Å². The average molecular weight is 492 g/mol. The van der Waals surface area contributed by atoms with E-state index in [2.05, 4.69) is 34.5 Å². The lowest BCUT2D eigenvalue weighted by molar-refractivity contribution is -0.122. The first-order valence-electron chi connectivity index (χ1n) is 12.7. The van der Waals surface area contributed by atoms with Crippen LogP contribution in [0.3, 0.4) is 0 Å². The minimum atomic E-state index is -0.102. The van der Waals surface area contributed by atoms with Gasteiger partial charge in [-0.15, -0.1) is 5.10 Å². The number of rotatable bonds is 10. The topological polar surface area (TPSA) is 81.5 Å². The van der Waals surface area contributed by atoms with Crippen LogP contribution in [0.5, 0.6) is 5.75 Å². The van der Waals surface area contributed by atoms with Crippen molar-refractivity contribution in [3.05, 3.63) is 54.1 Å². The first-order chi connectivity index (χ1) is 17.4. The molecule has 1 aliphatic heterocycles. The van der Waals surface area contributed by atoms with Gasteiger partial charge in [0, 0.05) is 37.4 Å². The zero-order valence-corrected chi connectivity index (χ0v) is 21.7. The number of ether oxygens (including phenoxy) is 2. The van der Waals surface area contributed by atoms with Crippen LogP contribution in [-0.4, -0.2) is 71.6 Å². The van der Waals surface area contributed by atoms with E-state index in [-0.39, 0.29) is 18.5 Å². The molecular weight excluding hydrogens is 454 g/mol. The molecule has 0 spiro atoms. The van der Waals surface area contributed by atoms with E-state index < -0.39 is 0 Å². The third kappa shape index (κ3) is 6.71. The number of hydrogen-bond acceptors (Lipinski definition) is 6. The number of likely N-dealkylation sites (tertiary alicyclic amines) is 1. The summed E-state index contributed by atoms with van der Waals surface area (Å²) >= 11 is 0. The van der Waals surface area contributed by atoms with Gasteiger partial charge in [0.15, 0.2) is 11.6 Å². The lowest BCUT2D eigenvalue weighted by Gasteiger charge is -2.31. The van der Waals surface area contributed by atoms with Gasteiger partial charge in [-0.3, -0.25) is 4.79 Å². The lowest BCUT2D eigenvalue weighted by atomic mass is 10.1. The summed E-state index contributed by atoms with van der Waals surface area (Å²) in [5, 5.41) is 7.64. The van der Waals surface area contributed by atoms with Crippen molar-refractivity contribution in [2.45, 2.75) is 51.8 Å². The lowest BCUT2D eigenvalue weighted by Crippen LogP contribution is -2.40. The molecule has 3 aromatic rings. The van der Waals surface area contributed by atoms with Gasteiger partial charge >= 0.3 is 0 Å². The third-order valence-electron chi connectivity index (χ3n) is 6.47. The summed E-state index contributed by atoms with van der Waals surface area (Å²) < 4.78 is 12.6. The molecule has 0 radical (unpaired) electrons. The number of nitrogens with one attached hydrogen (secondary N) is 1. The number of carbonyl (C=O) groups is 1. The Morgan fingerprint density at radius 2 is 1.94 bits per heavy atom. The summed E-state index contributed by atoms with van der Waals surface area (Å²) in [5.41, 5.74) is 3.04. The van der Waals surface area contributed by atoms with Crippen LogP contribution in [0, 0.1) is 0 Å². The molecule has 0 aliphatic carbocycles. The Hall–Kier alpha value is -3.23. The quantitative estimate of drug-likeness (QED) is 0.465. The monoisotopic (exact) mass is 491 g/mol. The number of benzene rings is 2. The van der Waals surface area contributed by atoms with Crippen LogP contribution in [-0.2, 0) is 22.5 Å². The molecule has 192 valence electrons. The average Bonchev–Trinajstić information content (AvgIpc) is 3.31. The second kappa shape index (κ2) is 12.1. The highest BCUT2D eigenvalue weighted by Gasteiger charge is 2.19. The van der Waals surface area contributed by atoms with Crippen molar-refractivity contribution in [2.24, 2.45) is 0 Å². The Labute approximate surface area is 213 Å². The van der Waals surface area contributed by atoms with Crippen LogP contribution in [0.25, 0.3) is 22.8 Å². The normalized spacial score (nSPS) is 16.3. The maximum absolute atomic E-state index is 12.5. The van der Waals surface area contributed by atoms with E-state index >= 15 is 0 Å². The molecule has 1 atom stereocenters. The fourth-order valence-corrected chi connectivity index (χ4v) is 4.57. The number of amides is 1. The van der Waals surface area contributed by atoms with Crippen LogP contribution < -0.4 is 10.1 Å². The van der Waals surface area contributed by atoms with Crippen LogP contribution in [0.2, 0.25) is 0 Å². The van der Waals surface area contributed by atoms with Crippen molar-refractivity contribution in [1.82, 2.24) is 25.0 Å². The van der Waals surface area contributed by atoms with Gasteiger partial charge in [0.25, 0.3) is 0 Å². The number of piperidine rings is 1. The molecule has 1 N–H and O–H groups in total. The van der Waals surface area contributed by atoms with Crippen LogP contribution in [0.4, 0.5) is 0 Å². The van der Waals surface area contributed by atoms with Gasteiger partial charge in [-0.1, -0.05) is 36.4 Å². The highest BCUT2D eigenvalue weighted by atomic mass is 16.5. The number of methoxy groups -OCH3 is 2. The molecule has 1 saturated heterocycles. The highest BCUT2D eigenvalue weighted by molar-refractivity contribution is 5.77. The molecule has 1 aliphatic rings. The molecule has 8 nitrogen and oxygen atoms in total. The molecule has 1 unspecified atom stereocenters. The molecule has 1 fully saturated rings. The fourth-order valence-electron chi connectivity index (χ4n) is 4.57. The van der Waals surface area contributed by atoms with Gasteiger partial charge in [0.2, 0.25) is 5.91 Å². The Bertz CT molecular complexity index is 1140. The highest BCUT2D eigenvalue weighted by Crippen LogP contribution is 2.26. The predicted octanol–water partition coefficient (Wildman–Crippen LogP) is 3.80. The van der Waals surface area contributed by atoms with Crippen LogP contribution in [0.15, 0.2) is 48.5 Å².